The first-order chi connectivity index (χ1) is 14.5. The van der Waals surface area contributed by atoms with Crippen LogP contribution < -0.4 is 9.62 Å². The summed E-state index contributed by atoms with van der Waals surface area (Å²) in [7, 11) is -3.59. The van der Waals surface area contributed by atoms with Crippen molar-refractivity contribution in [3.05, 3.63) is 93.0 Å². The number of rotatable bonds is 6. The molecule has 5 nitrogen and oxygen atoms in total. The van der Waals surface area contributed by atoms with Crippen molar-refractivity contribution in [1.29, 1.82) is 0 Å². The van der Waals surface area contributed by atoms with Crippen molar-refractivity contribution >= 4 is 50.5 Å². The molecule has 0 aliphatic rings. The number of hydrogen-bond acceptors (Lipinski definition) is 3. The summed E-state index contributed by atoms with van der Waals surface area (Å²) < 4.78 is 26.0. The molecular formula is C23H22Cl2N2O3S. The lowest BCUT2D eigenvalue weighted by Crippen LogP contribution is -2.29. The molecule has 1 N–H and O–H groups in total. The Morgan fingerprint density at radius 2 is 1.58 bits per heavy atom. The molecule has 3 rings (SSSR count). The first-order valence-corrected chi connectivity index (χ1v) is 12.1. The van der Waals surface area contributed by atoms with Crippen LogP contribution in [0.1, 0.15) is 27.0 Å². The maximum absolute atomic E-state index is 12.6. The fourth-order valence-electron chi connectivity index (χ4n) is 3.09. The molecule has 0 saturated carbocycles. The van der Waals surface area contributed by atoms with Crippen molar-refractivity contribution in [1.82, 2.24) is 0 Å². The number of halogens is 2. The van der Waals surface area contributed by atoms with Crippen molar-refractivity contribution in [2.75, 3.05) is 15.9 Å². The Morgan fingerprint density at radius 3 is 2.16 bits per heavy atom. The average molecular weight is 477 g/mol. The summed E-state index contributed by atoms with van der Waals surface area (Å²) in [5, 5.41) is 3.60. The standard InChI is InChI=1S/C23H22Cl2N2O3S/c1-15-5-4-6-22(16(15)2)26-23(28)18-9-7-17(8-10-18)14-27(31(3,29)30)21-12-19(24)11-20(25)13-21/h4-13H,14H2,1-3H3,(H,26,28). The quantitative estimate of drug-likeness (QED) is 0.486. The maximum Gasteiger partial charge on any atom is 0.255 e. The fourth-order valence-corrected chi connectivity index (χ4v) is 4.48. The van der Waals surface area contributed by atoms with Crippen LogP contribution in [0.5, 0.6) is 0 Å². The average Bonchev–Trinajstić information content (AvgIpc) is 2.68. The van der Waals surface area contributed by atoms with Gasteiger partial charge in [0.15, 0.2) is 0 Å². The summed E-state index contributed by atoms with van der Waals surface area (Å²) in [6, 6.07) is 17.1. The van der Waals surface area contributed by atoms with Crippen LogP contribution in [0.25, 0.3) is 0 Å². The minimum Gasteiger partial charge on any atom is -0.322 e. The molecule has 3 aromatic rings. The number of hydrogen-bond donors (Lipinski definition) is 1. The normalized spacial score (nSPS) is 11.3. The van der Waals surface area contributed by atoms with E-state index in [0.717, 1.165) is 23.1 Å². The van der Waals surface area contributed by atoms with Crippen molar-refractivity contribution < 1.29 is 13.2 Å². The second kappa shape index (κ2) is 9.30. The Kier molecular flexibility index (Phi) is 6.94. The van der Waals surface area contributed by atoms with E-state index in [4.69, 9.17) is 23.2 Å². The summed E-state index contributed by atoms with van der Waals surface area (Å²) in [4.78, 5) is 12.6. The van der Waals surface area contributed by atoms with E-state index in [9.17, 15) is 13.2 Å². The van der Waals surface area contributed by atoms with Gasteiger partial charge < -0.3 is 5.32 Å². The van der Waals surface area contributed by atoms with E-state index >= 15 is 0 Å². The first-order valence-electron chi connectivity index (χ1n) is 9.45. The molecule has 0 spiro atoms. The Labute approximate surface area is 192 Å². The van der Waals surface area contributed by atoms with Gasteiger partial charge >= 0.3 is 0 Å². The Bertz CT molecular complexity index is 1210. The third-order valence-electron chi connectivity index (χ3n) is 4.93. The van der Waals surface area contributed by atoms with Crippen LogP contribution in [0, 0.1) is 13.8 Å². The van der Waals surface area contributed by atoms with Crippen LogP contribution >= 0.6 is 23.2 Å². The minimum atomic E-state index is -3.59. The number of amides is 1. The molecule has 0 fully saturated rings. The maximum atomic E-state index is 12.6. The number of nitrogens with zero attached hydrogens (tertiary/aromatic N) is 1. The van der Waals surface area contributed by atoms with Crippen LogP contribution in [-0.2, 0) is 16.6 Å². The number of sulfonamides is 1. The molecule has 0 heterocycles. The number of nitrogens with one attached hydrogen (secondary N) is 1. The van der Waals surface area contributed by atoms with Gasteiger partial charge in [0.25, 0.3) is 5.91 Å². The van der Waals surface area contributed by atoms with Crippen molar-refractivity contribution in [2.24, 2.45) is 0 Å². The molecular weight excluding hydrogens is 455 g/mol. The summed E-state index contributed by atoms with van der Waals surface area (Å²) >= 11 is 12.1. The number of benzene rings is 3. The van der Waals surface area contributed by atoms with Gasteiger partial charge in [0.05, 0.1) is 18.5 Å². The molecule has 162 valence electrons. The zero-order valence-electron chi connectivity index (χ0n) is 17.3. The van der Waals surface area contributed by atoms with E-state index in [2.05, 4.69) is 5.32 Å². The number of anilines is 2. The smallest absolute Gasteiger partial charge is 0.255 e. The van der Waals surface area contributed by atoms with E-state index in [1.165, 1.54) is 10.4 Å². The van der Waals surface area contributed by atoms with Gasteiger partial charge in [-0.25, -0.2) is 8.42 Å². The van der Waals surface area contributed by atoms with Gasteiger partial charge in [0, 0.05) is 21.3 Å². The second-order valence-corrected chi connectivity index (χ2v) is 10.1. The topological polar surface area (TPSA) is 66.5 Å². The summed E-state index contributed by atoms with van der Waals surface area (Å²) in [5.74, 6) is -0.234. The highest BCUT2D eigenvalue weighted by Gasteiger charge is 2.19. The summed E-state index contributed by atoms with van der Waals surface area (Å²) in [6.45, 7) is 4.02. The SMILES string of the molecule is Cc1cccc(NC(=O)c2ccc(CN(c3cc(Cl)cc(Cl)c3)S(C)(=O)=O)cc2)c1C. The third-order valence-corrected chi connectivity index (χ3v) is 6.51. The fraction of sp³-hybridized carbons (Fsp3) is 0.174. The largest absolute Gasteiger partial charge is 0.322 e. The van der Waals surface area contributed by atoms with Crippen molar-refractivity contribution in [3.8, 4) is 0 Å². The van der Waals surface area contributed by atoms with Crippen LogP contribution in [0.2, 0.25) is 10.0 Å². The number of carbonyl (C=O) groups excluding carboxylic acids is 1. The van der Waals surface area contributed by atoms with Gasteiger partial charge in [-0.15, -0.1) is 0 Å². The molecule has 3 aromatic carbocycles. The van der Waals surface area contributed by atoms with Gasteiger partial charge in [-0.1, -0.05) is 47.5 Å². The van der Waals surface area contributed by atoms with Gasteiger partial charge in [0.1, 0.15) is 0 Å². The minimum absolute atomic E-state index is 0.0778. The lowest BCUT2D eigenvalue weighted by Gasteiger charge is -2.23. The Hall–Kier alpha value is -2.54. The van der Waals surface area contributed by atoms with E-state index in [1.54, 1.807) is 36.4 Å². The van der Waals surface area contributed by atoms with Crippen molar-refractivity contribution in [2.45, 2.75) is 20.4 Å². The van der Waals surface area contributed by atoms with Crippen molar-refractivity contribution in [3.63, 3.8) is 0 Å². The molecule has 0 saturated heterocycles. The molecule has 0 aliphatic heterocycles. The highest BCUT2D eigenvalue weighted by molar-refractivity contribution is 7.92. The monoisotopic (exact) mass is 476 g/mol. The van der Waals surface area contributed by atoms with Crippen LogP contribution in [0.4, 0.5) is 11.4 Å². The van der Waals surface area contributed by atoms with E-state index in [1.807, 2.05) is 32.0 Å². The molecule has 1 amide bonds. The molecule has 0 aliphatic carbocycles. The van der Waals surface area contributed by atoms with E-state index in [0.29, 0.717) is 26.9 Å². The van der Waals surface area contributed by atoms with Crippen LogP contribution in [-0.4, -0.2) is 20.6 Å². The van der Waals surface area contributed by atoms with Gasteiger partial charge in [-0.2, -0.15) is 0 Å². The molecule has 0 aromatic heterocycles. The van der Waals surface area contributed by atoms with E-state index < -0.39 is 10.0 Å². The molecule has 0 unspecified atom stereocenters. The summed E-state index contributed by atoms with van der Waals surface area (Å²) in [6.07, 6.45) is 1.12. The molecule has 8 heteroatoms. The molecule has 0 atom stereocenters. The number of carbonyl (C=O) groups is 1. The predicted molar refractivity (Wildman–Crippen MR) is 128 cm³/mol. The molecule has 0 bridgehead atoms. The second-order valence-electron chi connectivity index (χ2n) is 7.30. The predicted octanol–water partition coefficient (Wildman–Crippen LogP) is 5.83. The Morgan fingerprint density at radius 1 is 0.968 bits per heavy atom. The first kappa shape index (κ1) is 23.1. The zero-order valence-corrected chi connectivity index (χ0v) is 19.6. The third kappa shape index (κ3) is 5.79. The zero-order chi connectivity index (χ0) is 22.8. The summed E-state index contributed by atoms with van der Waals surface area (Å²) in [5.41, 5.74) is 4.42. The van der Waals surface area contributed by atoms with Crippen LogP contribution in [0.3, 0.4) is 0 Å². The van der Waals surface area contributed by atoms with Gasteiger partial charge in [-0.3, -0.25) is 9.10 Å². The number of aryl methyl sites for hydroxylation is 1. The lowest BCUT2D eigenvalue weighted by molar-refractivity contribution is 0.102. The van der Waals surface area contributed by atoms with Gasteiger partial charge in [-0.05, 0) is 66.9 Å². The lowest BCUT2D eigenvalue weighted by atomic mass is 10.1. The highest BCUT2D eigenvalue weighted by Crippen LogP contribution is 2.28. The van der Waals surface area contributed by atoms with Gasteiger partial charge in [0.2, 0.25) is 10.0 Å². The molecule has 31 heavy (non-hydrogen) atoms. The van der Waals surface area contributed by atoms with Crippen LogP contribution in [0.15, 0.2) is 60.7 Å². The Balaban J connectivity index is 1.81. The van der Waals surface area contributed by atoms with E-state index in [-0.39, 0.29) is 12.5 Å². The highest BCUT2D eigenvalue weighted by atomic mass is 35.5. The molecule has 0 radical (unpaired) electrons.